The number of benzene rings is 2. The number of halogens is 1. The van der Waals surface area contributed by atoms with Gasteiger partial charge in [-0.15, -0.1) is 0 Å². The number of aromatic nitrogens is 2. The van der Waals surface area contributed by atoms with Crippen molar-refractivity contribution in [3.05, 3.63) is 82.9 Å². The molecule has 7 nitrogen and oxygen atoms in total. The summed E-state index contributed by atoms with van der Waals surface area (Å²) < 4.78 is 6.71. The number of amides is 2. The molecule has 1 aromatic heterocycles. The van der Waals surface area contributed by atoms with E-state index in [1.165, 1.54) is 0 Å². The zero-order valence-corrected chi connectivity index (χ0v) is 16.8. The Balaban J connectivity index is 1.84. The van der Waals surface area contributed by atoms with Crippen LogP contribution in [-0.2, 0) is 11.8 Å². The Morgan fingerprint density at radius 2 is 1.97 bits per heavy atom. The van der Waals surface area contributed by atoms with E-state index in [0.29, 0.717) is 22.1 Å². The summed E-state index contributed by atoms with van der Waals surface area (Å²) in [5, 5.41) is 6.21. The minimum Gasteiger partial charge on any atom is -0.450 e. The number of imidazole rings is 1. The molecular formula is C21H21ClN4O3. The third-order valence-corrected chi connectivity index (χ3v) is 4.49. The van der Waals surface area contributed by atoms with Gasteiger partial charge in [-0.1, -0.05) is 29.8 Å². The summed E-state index contributed by atoms with van der Waals surface area (Å²) in [7, 11) is 1.86. The van der Waals surface area contributed by atoms with Gasteiger partial charge in [-0.05, 0) is 42.8 Å². The Bertz CT molecular complexity index is 1000. The van der Waals surface area contributed by atoms with Gasteiger partial charge in [0.05, 0.1) is 6.61 Å². The molecule has 1 heterocycles. The Morgan fingerprint density at radius 3 is 2.62 bits per heavy atom. The third kappa shape index (κ3) is 5.14. The van der Waals surface area contributed by atoms with Crippen molar-refractivity contribution in [3.63, 3.8) is 0 Å². The van der Waals surface area contributed by atoms with Crippen LogP contribution in [0.25, 0.3) is 0 Å². The molecule has 150 valence electrons. The van der Waals surface area contributed by atoms with Crippen molar-refractivity contribution in [2.75, 3.05) is 11.9 Å². The molecule has 0 radical (unpaired) electrons. The van der Waals surface area contributed by atoms with E-state index in [2.05, 4.69) is 15.6 Å². The van der Waals surface area contributed by atoms with Crippen LogP contribution in [0.15, 0.2) is 60.9 Å². The summed E-state index contributed by atoms with van der Waals surface area (Å²) >= 11 is 6.00. The number of carbonyl (C=O) groups is 2. The highest BCUT2D eigenvalue weighted by molar-refractivity contribution is 6.30. The molecule has 0 spiro atoms. The summed E-state index contributed by atoms with van der Waals surface area (Å²) in [6, 6.07) is 13.4. The molecule has 29 heavy (non-hydrogen) atoms. The average molecular weight is 413 g/mol. The minimum atomic E-state index is -0.572. The molecule has 0 fully saturated rings. The molecule has 2 amide bonds. The molecule has 3 aromatic rings. The predicted molar refractivity (Wildman–Crippen MR) is 111 cm³/mol. The maximum absolute atomic E-state index is 12.9. The standard InChI is InChI=1S/C21H21ClN4O3/c1-3-29-21(28)24-17-6-4-5-15(13-17)20(27)25-18(19-23-11-12-26(19)2)14-7-9-16(22)10-8-14/h4-13,18H,3H2,1-2H3,(H,24,28)(H,25,27)/t18-/m1/s1. The summed E-state index contributed by atoms with van der Waals surface area (Å²) in [5.74, 6) is 0.377. The number of hydrogen-bond donors (Lipinski definition) is 2. The first kappa shape index (κ1) is 20.4. The van der Waals surface area contributed by atoms with Crippen LogP contribution < -0.4 is 10.6 Å². The van der Waals surface area contributed by atoms with E-state index in [1.54, 1.807) is 49.5 Å². The lowest BCUT2D eigenvalue weighted by Gasteiger charge is -2.19. The Labute approximate surface area is 173 Å². The number of anilines is 1. The highest BCUT2D eigenvalue weighted by Crippen LogP contribution is 2.23. The Morgan fingerprint density at radius 1 is 1.21 bits per heavy atom. The van der Waals surface area contributed by atoms with Crippen molar-refractivity contribution in [3.8, 4) is 0 Å². The number of hydrogen-bond acceptors (Lipinski definition) is 4. The fourth-order valence-corrected chi connectivity index (χ4v) is 2.97. The van der Waals surface area contributed by atoms with Crippen molar-refractivity contribution >= 4 is 29.3 Å². The number of aryl methyl sites for hydroxylation is 1. The third-order valence-electron chi connectivity index (χ3n) is 4.24. The summed E-state index contributed by atoms with van der Waals surface area (Å²) in [5.41, 5.74) is 1.71. The molecule has 0 saturated carbocycles. The van der Waals surface area contributed by atoms with Gasteiger partial charge < -0.3 is 14.6 Å². The van der Waals surface area contributed by atoms with Gasteiger partial charge in [0, 0.05) is 35.7 Å². The second-order valence-corrected chi connectivity index (χ2v) is 6.72. The first-order valence-corrected chi connectivity index (χ1v) is 9.43. The zero-order valence-electron chi connectivity index (χ0n) is 16.1. The average Bonchev–Trinajstić information content (AvgIpc) is 3.13. The predicted octanol–water partition coefficient (Wildman–Crippen LogP) is 4.16. The summed E-state index contributed by atoms with van der Waals surface area (Å²) in [4.78, 5) is 28.9. The monoisotopic (exact) mass is 412 g/mol. The molecule has 0 saturated heterocycles. The van der Waals surface area contributed by atoms with E-state index in [0.717, 1.165) is 5.56 Å². The first-order chi connectivity index (χ1) is 14.0. The number of rotatable bonds is 6. The molecule has 3 rings (SSSR count). The van der Waals surface area contributed by atoms with Crippen LogP contribution in [0.2, 0.25) is 5.02 Å². The molecule has 0 unspecified atom stereocenters. The molecule has 0 bridgehead atoms. The molecule has 1 atom stereocenters. The highest BCUT2D eigenvalue weighted by Gasteiger charge is 2.21. The lowest BCUT2D eigenvalue weighted by Crippen LogP contribution is -2.31. The first-order valence-electron chi connectivity index (χ1n) is 9.05. The number of nitrogens with one attached hydrogen (secondary N) is 2. The number of carbonyl (C=O) groups excluding carboxylic acids is 2. The van der Waals surface area contributed by atoms with Gasteiger partial charge in [0.25, 0.3) is 5.91 Å². The van der Waals surface area contributed by atoms with E-state index in [1.807, 2.05) is 29.9 Å². The van der Waals surface area contributed by atoms with Crippen LogP contribution in [-0.4, -0.2) is 28.2 Å². The van der Waals surface area contributed by atoms with E-state index in [4.69, 9.17) is 16.3 Å². The lowest BCUT2D eigenvalue weighted by molar-refractivity contribution is 0.0941. The second-order valence-electron chi connectivity index (χ2n) is 6.28. The summed E-state index contributed by atoms with van der Waals surface area (Å²) in [6.45, 7) is 1.98. The summed E-state index contributed by atoms with van der Waals surface area (Å²) in [6.07, 6.45) is 2.92. The van der Waals surface area contributed by atoms with E-state index < -0.39 is 12.1 Å². The Hall–Kier alpha value is -3.32. The smallest absolute Gasteiger partial charge is 0.411 e. The van der Waals surface area contributed by atoms with Crippen molar-refractivity contribution in [1.29, 1.82) is 0 Å². The van der Waals surface area contributed by atoms with Crippen molar-refractivity contribution in [1.82, 2.24) is 14.9 Å². The van der Waals surface area contributed by atoms with Gasteiger partial charge in [0.2, 0.25) is 0 Å². The molecule has 8 heteroatoms. The van der Waals surface area contributed by atoms with E-state index in [9.17, 15) is 9.59 Å². The quantitative estimate of drug-likeness (QED) is 0.636. The number of nitrogens with zero attached hydrogens (tertiary/aromatic N) is 2. The van der Waals surface area contributed by atoms with Crippen LogP contribution >= 0.6 is 11.6 Å². The van der Waals surface area contributed by atoms with E-state index in [-0.39, 0.29) is 12.5 Å². The maximum atomic E-state index is 12.9. The van der Waals surface area contributed by atoms with Gasteiger partial charge in [-0.2, -0.15) is 0 Å². The SMILES string of the molecule is CCOC(=O)Nc1cccc(C(=O)N[C@H](c2ccc(Cl)cc2)c2nccn2C)c1. The number of ether oxygens (including phenoxy) is 1. The van der Waals surface area contributed by atoms with Crippen LogP contribution in [0.3, 0.4) is 0 Å². The zero-order chi connectivity index (χ0) is 20.8. The molecule has 0 aliphatic rings. The van der Waals surface area contributed by atoms with Crippen LogP contribution in [0, 0.1) is 0 Å². The second kappa shape index (κ2) is 9.25. The molecule has 0 aliphatic carbocycles. The Kier molecular flexibility index (Phi) is 6.51. The highest BCUT2D eigenvalue weighted by atomic mass is 35.5. The molecule has 0 aliphatic heterocycles. The fraction of sp³-hybridized carbons (Fsp3) is 0.190. The maximum Gasteiger partial charge on any atom is 0.411 e. The van der Waals surface area contributed by atoms with Crippen molar-refractivity contribution in [2.45, 2.75) is 13.0 Å². The van der Waals surface area contributed by atoms with Gasteiger partial charge in [0.15, 0.2) is 0 Å². The largest absolute Gasteiger partial charge is 0.450 e. The molecule has 2 N–H and O–H groups in total. The minimum absolute atomic E-state index is 0.262. The molecular weight excluding hydrogens is 392 g/mol. The topological polar surface area (TPSA) is 85.2 Å². The fourth-order valence-electron chi connectivity index (χ4n) is 2.85. The normalized spacial score (nSPS) is 11.6. The molecule has 2 aromatic carbocycles. The van der Waals surface area contributed by atoms with Crippen LogP contribution in [0.4, 0.5) is 10.5 Å². The van der Waals surface area contributed by atoms with Crippen LogP contribution in [0.1, 0.15) is 34.7 Å². The van der Waals surface area contributed by atoms with Gasteiger partial charge in [-0.25, -0.2) is 9.78 Å². The lowest BCUT2D eigenvalue weighted by atomic mass is 10.1. The van der Waals surface area contributed by atoms with Gasteiger partial charge in [-0.3, -0.25) is 10.1 Å². The van der Waals surface area contributed by atoms with Gasteiger partial charge in [0.1, 0.15) is 11.9 Å². The van der Waals surface area contributed by atoms with Crippen molar-refractivity contribution in [2.24, 2.45) is 7.05 Å². The van der Waals surface area contributed by atoms with Crippen molar-refractivity contribution < 1.29 is 14.3 Å². The van der Waals surface area contributed by atoms with Gasteiger partial charge >= 0.3 is 6.09 Å². The van der Waals surface area contributed by atoms with E-state index >= 15 is 0 Å². The van der Waals surface area contributed by atoms with Crippen LogP contribution in [0.5, 0.6) is 0 Å².